The van der Waals surface area contributed by atoms with Crippen LogP contribution >= 0.6 is 0 Å². The van der Waals surface area contributed by atoms with Crippen molar-refractivity contribution in [3.05, 3.63) is 35.3 Å². The quantitative estimate of drug-likeness (QED) is 0.933. The molecule has 20 heavy (non-hydrogen) atoms. The number of imidazole rings is 1. The minimum atomic E-state index is -0.138. The van der Waals surface area contributed by atoms with Crippen molar-refractivity contribution in [2.45, 2.75) is 46.1 Å². The van der Waals surface area contributed by atoms with Gasteiger partial charge < -0.3 is 9.72 Å². The summed E-state index contributed by atoms with van der Waals surface area (Å²) in [4.78, 5) is 17.1. The molecule has 2 heterocycles. The molecule has 2 aromatic rings. The van der Waals surface area contributed by atoms with E-state index in [9.17, 15) is 4.79 Å². The Hall–Kier alpha value is -1.84. The van der Waals surface area contributed by atoms with Crippen LogP contribution in [-0.4, -0.2) is 20.8 Å². The number of carbonyl (C=O) groups is 1. The summed E-state index contributed by atoms with van der Waals surface area (Å²) in [6.45, 7) is 8.17. The van der Waals surface area contributed by atoms with E-state index >= 15 is 0 Å². The predicted octanol–water partition coefficient (Wildman–Crippen LogP) is 2.87. The number of hydrogen-bond donors (Lipinski definition) is 1. The molecule has 1 fully saturated rings. The molecule has 1 saturated carbocycles. The van der Waals surface area contributed by atoms with Crippen LogP contribution in [0.4, 0.5) is 0 Å². The highest BCUT2D eigenvalue weighted by molar-refractivity contribution is 6.00. The fourth-order valence-electron chi connectivity index (χ4n) is 2.76. The third kappa shape index (κ3) is 2.19. The second-order valence-corrected chi connectivity index (χ2v) is 6.41. The fourth-order valence-corrected chi connectivity index (χ4v) is 2.76. The second-order valence-electron chi connectivity index (χ2n) is 6.41. The van der Waals surface area contributed by atoms with Crippen LogP contribution in [0.2, 0.25) is 0 Å². The number of rotatable bonds is 3. The van der Waals surface area contributed by atoms with Crippen LogP contribution in [0.25, 0.3) is 5.65 Å². The lowest BCUT2D eigenvalue weighted by Gasteiger charge is -2.26. The SMILES string of the molecule is Cc1cn2c(C)ccc(C(=O)NC(C)(C)C3CC3)c2n1. The lowest BCUT2D eigenvalue weighted by atomic mass is 9.98. The van der Waals surface area contributed by atoms with E-state index in [1.807, 2.05) is 36.6 Å². The Bertz CT molecular complexity index is 680. The molecule has 0 radical (unpaired) electrons. The summed E-state index contributed by atoms with van der Waals surface area (Å²) in [5, 5.41) is 3.16. The Kier molecular flexibility index (Phi) is 2.85. The van der Waals surface area contributed by atoms with Gasteiger partial charge in [0.15, 0.2) is 0 Å². The van der Waals surface area contributed by atoms with E-state index in [-0.39, 0.29) is 11.4 Å². The van der Waals surface area contributed by atoms with E-state index in [0.717, 1.165) is 17.0 Å². The van der Waals surface area contributed by atoms with E-state index in [1.165, 1.54) is 12.8 Å². The third-order valence-electron chi connectivity index (χ3n) is 4.22. The molecular formula is C16H21N3O. The monoisotopic (exact) mass is 271 g/mol. The first-order valence-corrected chi connectivity index (χ1v) is 7.16. The highest BCUT2D eigenvalue weighted by Gasteiger charge is 2.39. The lowest BCUT2D eigenvalue weighted by Crippen LogP contribution is -2.45. The minimum Gasteiger partial charge on any atom is -0.347 e. The first-order chi connectivity index (χ1) is 9.38. The van der Waals surface area contributed by atoms with Crippen molar-refractivity contribution in [3.8, 4) is 0 Å². The molecular weight excluding hydrogens is 250 g/mol. The molecule has 0 unspecified atom stereocenters. The summed E-state index contributed by atoms with van der Waals surface area (Å²) in [5.41, 5.74) is 3.26. The van der Waals surface area contributed by atoms with Gasteiger partial charge >= 0.3 is 0 Å². The minimum absolute atomic E-state index is 0.0301. The summed E-state index contributed by atoms with van der Waals surface area (Å²) < 4.78 is 1.98. The zero-order valence-electron chi connectivity index (χ0n) is 12.5. The third-order valence-corrected chi connectivity index (χ3v) is 4.22. The zero-order valence-corrected chi connectivity index (χ0v) is 12.5. The van der Waals surface area contributed by atoms with E-state index < -0.39 is 0 Å². The van der Waals surface area contributed by atoms with Crippen molar-refractivity contribution in [2.75, 3.05) is 0 Å². The molecule has 2 aromatic heterocycles. The molecule has 0 saturated heterocycles. The van der Waals surface area contributed by atoms with Crippen LogP contribution in [-0.2, 0) is 0 Å². The molecule has 106 valence electrons. The molecule has 0 spiro atoms. The lowest BCUT2D eigenvalue weighted by molar-refractivity contribution is 0.0904. The molecule has 0 aliphatic heterocycles. The van der Waals surface area contributed by atoms with Gasteiger partial charge in [0.2, 0.25) is 0 Å². The summed E-state index contributed by atoms with van der Waals surface area (Å²) in [5.74, 6) is 0.576. The number of fused-ring (bicyclic) bond motifs is 1. The van der Waals surface area contributed by atoms with Gasteiger partial charge in [-0.15, -0.1) is 0 Å². The van der Waals surface area contributed by atoms with Gasteiger partial charge in [-0.3, -0.25) is 4.79 Å². The Morgan fingerprint density at radius 1 is 1.35 bits per heavy atom. The van der Waals surface area contributed by atoms with E-state index in [1.54, 1.807) is 0 Å². The van der Waals surface area contributed by atoms with Crippen molar-refractivity contribution in [3.63, 3.8) is 0 Å². The average molecular weight is 271 g/mol. The molecule has 4 nitrogen and oxygen atoms in total. The Morgan fingerprint density at radius 3 is 2.70 bits per heavy atom. The first kappa shape index (κ1) is 13.2. The standard InChI is InChI=1S/C16H21N3O/c1-10-9-19-11(2)5-8-13(14(19)17-10)15(20)18-16(3,4)12-6-7-12/h5,8-9,12H,6-7H2,1-4H3,(H,18,20). The molecule has 0 atom stereocenters. The van der Waals surface area contributed by atoms with Crippen molar-refractivity contribution in [1.82, 2.24) is 14.7 Å². The summed E-state index contributed by atoms with van der Waals surface area (Å²) in [6, 6.07) is 3.84. The van der Waals surface area contributed by atoms with Crippen LogP contribution in [0, 0.1) is 19.8 Å². The van der Waals surface area contributed by atoms with Gasteiger partial charge in [0.25, 0.3) is 5.91 Å². The fraction of sp³-hybridized carbons (Fsp3) is 0.500. The van der Waals surface area contributed by atoms with Crippen molar-refractivity contribution in [1.29, 1.82) is 0 Å². The Morgan fingerprint density at radius 2 is 2.05 bits per heavy atom. The maximum atomic E-state index is 12.6. The zero-order chi connectivity index (χ0) is 14.5. The van der Waals surface area contributed by atoms with Gasteiger partial charge in [0.1, 0.15) is 5.65 Å². The highest BCUT2D eigenvalue weighted by Crippen LogP contribution is 2.39. The smallest absolute Gasteiger partial charge is 0.255 e. The molecule has 0 bridgehead atoms. The molecule has 1 aliphatic rings. The summed E-state index contributed by atoms with van der Waals surface area (Å²) >= 11 is 0. The molecule has 3 rings (SSSR count). The molecule has 1 amide bonds. The average Bonchev–Trinajstić information content (AvgIpc) is 3.13. The molecule has 1 N–H and O–H groups in total. The van der Waals surface area contributed by atoms with Crippen LogP contribution in [0.15, 0.2) is 18.3 Å². The molecule has 4 heteroatoms. The molecule has 0 aromatic carbocycles. The van der Waals surface area contributed by atoms with E-state index in [4.69, 9.17) is 0 Å². The summed E-state index contributed by atoms with van der Waals surface area (Å²) in [7, 11) is 0. The van der Waals surface area contributed by atoms with Crippen molar-refractivity contribution >= 4 is 11.6 Å². The van der Waals surface area contributed by atoms with Gasteiger partial charge in [0.05, 0.1) is 11.3 Å². The van der Waals surface area contributed by atoms with Crippen LogP contribution in [0.3, 0.4) is 0 Å². The number of hydrogen-bond acceptors (Lipinski definition) is 2. The number of carbonyl (C=O) groups excluding carboxylic acids is 1. The number of amides is 1. The first-order valence-electron chi connectivity index (χ1n) is 7.16. The van der Waals surface area contributed by atoms with Gasteiger partial charge in [-0.25, -0.2) is 4.98 Å². The maximum Gasteiger partial charge on any atom is 0.255 e. The normalized spacial score (nSPS) is 15.6. The maximum absolute atomic E-state index is 12.6. The van der Waals surface area contributed by atoms with Gasteiger partial charge in [-0.2, -0.15) is 0 Å². The largest absolute Gasteiger partial charge is 0.347 e. The van der Waals surface area contributed by atoms with E-state index in [0.29, 0.717) is 11.5 Å². The van der Waals surface area contributed by atoms with Crippen molar-refractivity contribution in [2.24, 2.45) is 5.92 Å². The number of nitrogens with one attached hydrogen (secondary N) is 1. The van der Waals surface area contributed by atoms with Crippen LogP contribution < -0.4 is 5.32 Å². The Balaban J connectivity index is 1.97. The van der Waals surface area contributed by atoms with Gasteiger partial charge in [-0.05, 0) is 58.6 Å². The van der Waals surface area contributed by atoms with Gasteiger partial charge in [-0.1, -0.05) is 0 Å². The number of aromatic nitrogens is 2. The number of aryl methyl sites for hydroxylation is 2. The van der Waals surface area contributed by atoms with Crippen LogP contribution in [0.1, 0.15) is 48.4 Å². The van der Waals surface area contributed by atoms with Crippen LogP contribution in [0.5, 0.6) is 0 Å². The second kappa shape index (κ2) is 4.33. The summed E-state index contributed by atoms with van der Waals surface area (Å²) in [6.07, 6.45) is 4.38. The topological polar surface area (TPSA) is 46.4 Å². The predicted molar refractivity (Wildman–Crippen MR) is 78.9 cm³/mol. The Labute approximate surface area is 119 Å². The van der Waals surface area contributed by atoms with Gasteiger partial charge in [0, 0.05) is 17.4 Å². The highest BCUT2D eigenvalue weighted by atomic mass is 16.1. The van der Waals surface area contributed by atoms with E-state index in [2.05, 4.69) is 24.1 Å². The number of pyridine rings is 1. The van der Waals surface area contributed by atoms with Crippen molar-refractivity contribution < 1.29 is 4.79 Å². The number of nitrogens with zero attached hydrogens (tertiary/aromatic N) is 2. The molecule has 1 aliphatic carbocycles.